The van der Waals surface area contributed by atoms with Crippen LogP contribution in [0.3, 0.4) is 0 Å². The highest BCUT2D eigenvalue weighted by Crippen LogP contribution is 2.44. The molecule has 3 unspecified atom stereocenters. The van der Waals surface area contributed by atoms with Crippen LogP contribution in [0.1, 0.15) is 25.7 Å². The normalized spacial score (nSPS) is 28.9. The number of nitrogens with zero attached hydrogens (tertiary/aromatic N) is 2. The highest BCUT2D eigenvalue weighted by atomic mass is 32.2. The van der Waals surface area contributed by atoms with Gasteiger partial charge in [-0.15, -0.1) is 0 Å². The summed E-state index contributed by atoms with van der Waals surface area (Å²) in [5.74, 6) is 0.0457. The number of hydrogen-bond acceptors (Lipinski definition) is 4. The SMILES string of the molecule is O=C(O)Cn1cc(S(=O)(=O)NC2CC3CCC2C3)cn1. The lowest BCUT2D eigenvalue weighted by atomic mass is 9.96. The Hall–Kier alpha value is -1.41. The van der Waals surface area contributed by atoms with Crippen LogP contribution >= 0.6 is 0 Å². The third-order valence-electron chi connectivity index (χ3n) is 4.26. The summed E-state index contributed by atoms with van der Waals surface area (Å²) in [6, 6.07) is 0.0153. The Balaban J connectivity index is 1.71. The summed E-state index contributed by atoms with van der Waals surface area (Å²) in [6.45, 7) is -0.344. The number of aromatic nitrogens is 2. The molecule has 0 aromatic carbocycles. The molecule has 2 aliphatic carbocycles. The maximum absolute atomic E-state index is 12.3. The number of carbonyl (C=O) groups is 1. The second-order valence-electron chi connectivity index (χ2n) is 5.67. The fourth-order valence-electron chi connectivity index (χ4n) is 3.36. The standard InChI is InChI=1S/C12H17N3O4S/c16-12(17)7-15-6-10(5-13-15)20(18,19)14-11-4-8-1-2-9(11)3-8/h5-6,8-9,11,14H,1-4,7H2,(H,16,17). The highest BCUT2D eigenvalue weighted by Gasteiger charge is 2.41. The first kappa shape index (κ1) is 13.6. The van der Waals surface area contributed by atoms with Crippen molar-refractivity contribution in [1.29, 1.82) is 0 Å². The second-order valence-corrected chi connectivity index (χ2v) is 7.38. The third kappa shape index (κ3) is 2.57. The van der Waals surface area contributed by atoms with E-state index in [4.69, 9.17) is 5.11 Å². The van der Waals surface area contributed by atoms with Crippen molar-refractivity contribution < 1.29 is 18.3 Å². The molecule has 0 saturated heterocycles. The van der Waals surface area contributed by atoms with Gasteiger partial charge in [0.15, 0.2) is 0 Å². The quantitative estimate of drug-likeness (QED) is 0.821. The molecule has 3 rings (SSSR count). The Morgan fingerprint density at radius 2 is 2.25 bits per heavy atom. The number of rotatable bonds is 5. The van der Waals surface area contributed by atoms with Gasteiger partial charge in [-0.05, 0) is 31.1 Å². The van der Waals surface area contributed by atoms with E-state index >= 15 is 0 Å². The lowest BCUT2D eigenvalue weighted by Gasteiger charge is -2.22. The maximum Gasteiger partial charge on any atom is 0.325 e. The van der Waals surface area contributed by atoms with E-state index in [0.717, 1.165) is 23.9 Å². The van der Waals surface area contributed by atoms with Crippen molar-refractivity contribution in [3.8, 4) is 0 Å². The van der Waals surface area contributed by atoms with Crippen LogP contribution in [0.15, 0.2) is 17.3 Å². The Bertz CT molecular complexity index is 624. The van der Waals surface area contributed by atoms with Crippen molar-refractivity contribution in [2.75, 3.05) is 0 Å². The molecule has 7 nitrogen and oxygen atoms in total. The first-order valence-electron chi connectivity index (χ1n) is 6.70. The minimum absolute atomic E-state index is 0.0153. The number of carboxylic acids is 1. The van der Waals surface area contributed by atoms with Gasteiger partial charge in [-0.25, -0.2) is 13.1 Å². The van der Waals surface area contributed by atoms with Gasteiger partial charge < -0.3 is 5.11 Å². The van der Waals surface area contributed by atoms with Crippen LogP contribution in [0, 0.1) is 11.8 Å². The van der Waals surface area contributed by atoms with Crippen molar-refractivity contribution in [2.45, 2.75) is 43.2 Å². The number of hydrogen-bond donors (Lipinski definition) is 2. The van der Waals surface area contributed by atoms with Gasteiger partial charge >= 0.3 is 5.97 Å². The van der Waals surface area contributed by atoms with E-state index in [1.165, 1.54) is 18.8 Å². The average molecular weight is 299 g/mol. The van der Waals surface area contributed by atoms with Crippen molar-refractivity contribution in [3.05, 3.63) is 12.4 Å². The molecule has 1 heterocycles. The predicted octanol–water partition coefficient (Wildman–Crippen LogP) is 0.435. The third-order valence-corrected chi connectivity index (χ3v) is 5.71. The molecular formula is C12H17N3O4S. The average Bonchev–Trinajstić information content (AvgIpc) is 3.02. The number of nitrogens with one attached hydrogen (secondary N) is 1. The van der Waals surface area contributed by atoms with Crippen LogP contribution in [-0.2, 0) is 21.4 Å². The van der Waals surface area contributed by atoms with E-state index in [0.29, 0.717) is 11.8 Å². The highest BCUT2D eigenvalue weighted by molar-refractivity contribution is 7.89. The Kier molecular flexibility index (Phi) is 3.29. The molecule has 20 heavy (non-hydrogen) atoms. The molecule has 0 amide bonds. The molecule has 110 valence electrons. The smallest absolute Gasteiger partial charge is 0.325 e. The fourth-order valence-corrected chi connectivity index (χ4v) is 4.63. The van der Waals surface area contributed by atoms with E-state index in [-0.39, 0.29) is 17.5 Å². The molecular weight excluding hydrogens is 282 g/mol. The van der Waals surface area contributed by atoms with Gasteiger partial charge in [-0.3, -0.25) is 9.48 Å². The lowest BCUT2D eigenvalue weighted by molar-refractivity contribution is -0.137. The summed E-state index contributed by atoms with van der Waals surface area (Å²) in [6.07, 6.45) is 6.77. The van der Waals surface area contributed by atoms with Crippen molar-refractivity contribution >= 4 is 16.0 Å². The van der Waals surface area contributed by atoms with Gasteiger partial charge in [0.25, 0.3) is 0 Å². The first-order valence-corrected chi connectivity index (χ1v) is 8.19. The largest absolute Gasteiger partial charge is 0.480 e. The van der Waals surface area contributed by atoms with Gasteiger partial charge in [-0.2, -0.15) is 5.10 Å². The minimum atomic E-state index is -3.61. The Morgan fingerprint density at radius 3 is 2.85 bits per heavy atom. The molecule has 0 spiro atoms. The summed E-state index contributed by atoms with van der Waals surface area (Å²) < 4.78 is 28.4. The van der Waals surface area contributed by atoms with Crippen molar-refractivity contribution in [1.82, 2.24) is 14.5 Å². The zero-order chi connectivity index (χ0) is 14.3. The van der Waals surface area contributed by atoms with Gasteiger partial charge in [0.2, 0.25) is 10.0 Å². The lowest BCUT2D eigenvalue weighted by Crippen LogP contribution is -2.38. The van der Waals surface area contributed by atoms with E-state index in [1.807, 2.05) is 0 Å². The minimum Gasteiger partial charge on any atom is -0.480 e. The second kappa shape index (κ2) is 4.85. The predicted molar refractivity (Wildman–Crippen MR) is 69.4 cm³/mol. The van der Waals surface area contributed by atoms with Crippen LogP contribution in [-0.4, -0.2) is 35.3 Å². The van der Waals surface area contributed by atoms with Crippen LogP contribution < -0.4 is 4.72 Å². The number of carboxylic acid groups (broad SMARTS) is 1. The zero-order valence-electron chi connectivity index (χ0n) is 10.9. The summed E-state index contributed by atoms with van der Waals surface area (Å²) >= 11 is 0. The molecule has 1 aromatic rings. The molecule has 8 heteroatoms. The fraction of sp³-hybridized carbons (Fsp3) is 0.667. The van der Waals surface area contributed by atoms with Crippen molar-refractivity contribution in [3.63, 3.8) is 0 Å². The Morgan fingerprint density at radius 1 is 1.45 bits per heavy atom. The van der Waals surface area contributed by atoms with E-state index in [9.17, 15) is 13.2 Å². The summed E-state index contributed by atoms with van der Waals surface area (Å²) in [5.41, 5.74) is 0. The monoisotopic (exact) mass is 299 g/mol. The first-order chi connectivity index (χ1) is 9.44. The number of fused-ring (bicyclic) bond motifs is 2. The molecule has 0 radical (unpaired) electrons. The van der Waals surface area contributed by atoms with Crippen LogP contribution in [0.25, 0.3) is 0 Å². The molecule has 2 saturated carbocycles. The van der Waals surface area contributed by atoms with E-state index in [2.05, 4.69) is 9.82 Å². The van der Waals surface area contributed by atoms with Crippen molar-refractivity contribution in [2.24, 2.45) is 11.8 Å². The van der Waals surface area contributed by atoms with Crippen LogP contribution in [0.2, 0.25) is 0 Å². The molecule has 0 aliphatic heterocycles. The molecule has 2 fully saturated rings. The van der Waals surface area contributed by atoms with Gasteiger partial charge in [0.05, 0.1) is 6.20 Å². The maximum atomic E-state index is 12.3. The molecule has 1 aromatic heterocycles. The summed E-state index contributed by atoms with van der Waals surface area (Å²) in [4.78, 5) is 10.6. The molecule has 2 N–H and O–H groups in total. The van der Waals surface area contributed by atoms with Gasteiger partial charge in [0, 0.05) is 12.2 Å². The van der Waals surface area contributed by atoms with Crippen LogP contribution in [0.4, 0.5) is 0 Å². The van der Waals surface area contributed by atoms with E-state index in [1.54, 1.807) is 0 Å². The zero-order valence-corrected chi connectivity index (χ0v) is 11.7. The number of sulfonamides is 1. The summed E-state index contributed by atoms with van der Waals surface area (Å²) in [5, 5.41) is 12.4. The molecule has 2 bridgehead atoms. The summed E-state index contributed by atoms with van der Waals surface area (Å²) in [7, 11) is -3.61. The Labute approximate surface area is 117 Å². The van der Waals surface area contributed by atoms with E-state index < -0.39 is 16.0 Å². The van der Waals surface area contributed by atoms with Gasteiger partial charge in [0.1, 0.15) is 11.4 Å². The van der Waals surface area contributed by atoms with Gasteiger partial charge in [-0.1, -0.05) is 6.42 Å². The molecule has 2 aliphatic rings. The topological polar surface area (TPSA) is 101 Å². The van der Waals surface area contributed by atoms with Crippen LogP contribution in [0.5, 0.6) is 0 Å². The number of aliphatic carboxylic acids is 1. The molecule has 3 atom stereocenters.